The second-order valence-corrected chi connectivity index (χ2v) is 6.05. The summed E-state index contributed by atoms with van der Waals surface area (Å²) in [6.45, 7) is 9.76. The van der Waals surface area contributed by atoms with Gasteiger partial charge in [0.05, 0.1) is 5.69 Å². The molecule has 3 rings (SSSR count). The smallest absolute Gasteiger partial charge is 0.202 e. The number of rotatable bonds is 3. The third kappa shape index (κ3) is 2.08. The van der Waals surface area contributed by atoms with E-state index in [9.17, 15) is 0 Å². The second kappa shape index (κ2) is 4.77. The summed E-state index contributed by atoms with van der Waals surface area (Å²) in [5, 5.41) is 4.54. The number of anilines is 1. The minimum absolute atomic E-state index is 0.219. The van der Waals surface area contributed by atoms with Crippen molar-refractivity contribution in [1.82, 2.24) is 19.3 Å². The van der Waals surface area contributed by atoms with Crippen molar-refractivity contribution in [1.29, 1.82) is 0 Å². The Balaban J connectivity index is 2.04. The third-order valence-electron chi connectivity index (χ3n) is 4.37. The first kappa shape index (κ1) is 13.4. The summed E-state index contributed by atoms with van der Waals surface area (Å²) < 4.78 is 9.60. The lowest BCUT2D eigenvalue weighted by Crippen LogP contribution is -2.31. The van der Waals surface area contributed by atoms with Gasteiger partial charge in [-0.3, -0.25) is 4.57 Å². The second-order valence-electron chi connectivity index (χ2n) is 6.05. The highest BCUT2D eigenvalue weighted by Gasteiger charge is 2.30. The van der Waals surface area contributed by atoms with E-state index in [1.807, 2.05) is 11.6 Å². The molecule has 2 aromatic heterocycles. The molecule has 0 saturated carbocycles. The first-order chi connectivity index (χ1) is 9.54. The van der Waals surface area contributed by atoms with Crippen molar-refractivity contribution < 1.29 is 4.74 Å². The first-order valence-corrected chi connectivity index (χ1v) is 7.31. The van der Waals surface area contributed by atoms with Crippen LogP contribution in [0.1, 0.15) is 32.4 Å². The van der Waals surface area contributed by atoms with Crippen molar-refractivity contribution in [2.24, 2.45) is 5.41 Å². The molecule has 1 aliphatic heterocycles. The Bertz CT molecular complexity index is 621. The van der Waals surface area contributed by atoms with Gasteiger partial charge in [-0.05, 0) is 32.1 Å². The maximum Gasteiger partial charge on any atom is 0.202 e. The number of fused-ring (bicyclic) bond motifs is 1. The molecule has 6 nitrogen and oxygen atoms in total. The lowest BCUT2D eigenvalue weighted by atomic mass is 9.82. The fourth-order valence-electron chi connectivity index (χ4n) is 3.02. The van der Waals surface area contributed by atoms with Crippen molar-refractivity contribution in [3.8, 4) is 0 Å². The molecule has 0 aromatic carbocycles. The number of ether oxygens (including phenoxy) is 1. The van der Waals surface area contributed by atoms with Crippen LogP contribution in [0, 0.1) is 12.3 Å². The minimum Gasteiger partial charge on any atom is -0.381 e. The van der Waals surface area contributed by atoms with E-state index in [0.29, 0.717) is 5.95 Å². The molecule has 0 amide bonds. The molecular formula is C14H23N5O. The molecule has 6 heteroatoms. The Hall–Kier alpha value is -1.56. The van der Waals surface area contributed by atoms with E-state index in [0.717, 1.165) is 56.0 Å². The highest BCUT2D eigenvalue weighted by atomic mass is 16.5. The first-order valence-electron chi connectivity index (χ1n) is 7.31. The average Bonchev–Trinajstić information content (AvgIpc) is 2.89. The van der Waals surface area contributed by atoms with Crippen molar-refractivity contribution in [3.05, 3.63) is 5.69 Å². The normalized spacial score (nSPS) is 18.8. The van der Waals surface area contributed by atoms with E-state index in [-0.39, 0.29) is 5.41 Å². The van der Waals surface area contributed by atoms with Crippen LogP contribution in [0.5, 0.6) is 0 Å². The fraction of sp³-hybridized carbons (Fsp3) is 0.714. The maximum atomic E-state index is 6.15. The van der Waals surface area contributed by atoms with Gasteiger partial charge in [-0.15, -0.1) is 0 Å². The molecule has 2 N–H and O–H groups in total. The van der Waals surface area contributed by atoms with Gasteiger partial charge in [0, 0.05) is 26.3 Å². The summed E-state index contributed by atoms with van der Waals surface area (Å²) in [5.74, 6) is 0.593. The molecule has 110 valence electrons. The Labute approximate surface area is 118 Å². The predicted molar refractivity (Wildman–Crippen MR) is 78.5 cm³/mol. The van der Waals surface area contributed by atoms with Crippen LogP contribution < -0.4 is 5.73 Å². The van der Waals surface area contributed by atoms with Gasteiger partial charge >= 0.3 is 0 Å². The largest absolute Gasteiger partial charge is 0.381 e. The van der Waals surface area contributed by atoms with Crippen LogP contribution in [0.4, 0.5) is 5.95 Å². The van der Waals surface area contributed by atoms with Crippen LogP contribution in [0.15, 0.2) is 0 Å². The summed E-state index contributed by atoms with van der Waals surface area (Å²) >= 11 is 0. The van der Waals surface area contributed by atoms with E-state index < -0.39 is 0 Å². The van der Waals surface area contributed by atoms with Crippen LogP contribution in [0.2, 0.25) is 0 Å². The number of aryl methyl sites for hydroxylation is 2. The van der Waals surface area contributed by atoms with Crippen LogP contribution in [-0.2, 0) is 17.8 Å². The zero-order valence-corrected chi connectivity index (χ0v) is 12.5. The Kier molecular flexibility index (Phi) is 3.20. The zero-order valence-electron chi connectivity index (χ0n) is 12.5. The van der Waals surface area contributed by atoms with Gasteiger partial charge < -0.3 is 10.5 Å². The van der Waals surface area contributed by atoms with Crippen LogP contribution in [0.3, 0.4) is 0 Å². The van der Waals surface area contributed by atoms with E-state index in [1.165, 1.54) is 0 Å². The Morgan fingerprint density at radius 1 is 1.35 bits per heavy atom. The number of nitrogen functional groups attached to an aromatic ring is 1. The number of imidazole rings is 1. The van der Waals surface area contributed by atoms with Crippen LogP contribution in [-0.4, -0.2) is 32.5 Å². The van der Waals surface area contributed by atoms with Gasteiger partial charge in [0.1, 0.15) is 5.52 Å². The summed E-state index contributed by atoms with van der Waals surface area (Å²) in [5.41, 5.74) is 9.30. The molecule has 1 saturated heterocycles. The summed E-state index contributed by atoms with van der Waals surface area (Å²) in [4.78, 5) is 4.50. The number of aromatic nitrogens is 4. The van der Waals surface area contributed by atoms with E-state index in [1.54, 1.807) is 0 Å². The predicted octanol–water partition coefficient (Wildman–Crippen LogP) is 1.96. The summed E-state index contributed by atoms with van der Waals surface area (Å²) in [7, 11) is 0. The highest BCUT2D eigenvalue weighted by molar-refractivity contribution is 5.77. The van der Waals surface area contributed by atoms with Gasteiger partial charge in [0.15, 0.2) is 5.65 Å². The van der Waals surface area contributed by atoms with Crippen molar-refractivity contribution in [3.63, 3.8) is 0 Å². The van der Waals surface area contributed by atoms with E-state index >= 15 is 0 Å². The summed E-state index contributed by atoms with van der Waals surface area (Å²) in [6, 6.07) is 0. The Morgan fingerprint density at radius 2 is 2.05 bits per heavy atom. The van der Waals surface area contributed by atoms with Crippen molar-refractivity contribution in [2.45, 2.75) is 46.7 Å². The monoisotopic (exact) mass is 277 g/mol. The zero-order chi connectivity index (χ0) is 14.3. The molecule has 3 heterocycles. The molecule has 1 fully saturated rings. The van der Waals surface area contributed by atoms with Gasteiger partial charge in [0.2, 0.25) is 5.95 Å². The number of nitrogens with two attached hydrogens (primary N) is 1. The molecule has 0 unspecified atom stereocenters. The fourth-order valence-corrected chi connectivity index (χ4v) is 3.02. The van der Waals surface area contributed by atoms with Gasteiger partial charge in [-0.2, -0.15) is 5.10 Å². The van der Waals surface area contributed by atoms with Gasteiger partial charge in [0.25, 0.3) is 0 Å². The van der Waals surface area contributed by atoms with Crippen LogP contribution >= 0.6 is 0 Å². The third-order valence-corrected chi connectivity index (χ3v) is 4.37. The molecule has 2 aromatic rings. The molecule has 20 heavy (non-hydrogen) atoms. The lowest BCUT2D eigenvalue weighted by molar-refractivity contribution is 0.0161. The number of hydrogen-bond acceptors (Lipinski definition) is 4. The van der Waals surface area contributed by atoms with Crippen molar-refractivity contribution >= 4 is 17.1 Å². The van der Waals surface area contributed by atoms with E-state index in [4.69, 9.17) is 10.5 Å². The minimum atomic E-state index is 0.219. The van der Waals surface area contributed by atoms with Crippen LogP contribution in [0.25, 0.3) is 11.2 Å². The molecule has 0 radical (unpaired) electrons. The molecule has 0 bridgehead atoms. The lowest BCUT2D eigenvalue weighted by Gasteiger charge is -2.34. The quantitative estimate of drug-likeness (QED) is 0.931. The van der Waals surface area contributed by atoms with Gasteiger partial charge in [-0.1, -0.05) is 6.92 Å². The van der Waals surface area contributed by atoms with Crippen molar-refractivity contribution in [2.75, 3.05) is 18.9 Å². The maximum absolute atomic E-state index is 6.15. The number of hydrogen-bond donors (Lipinski definition) is 1. The molecular weight excluding hydrogens is 254 g/mol. The molecule has 0 spiro atoms. The number of nitrogens with zero attached hydrogens (tertiary/aromatic N) is 4. The summed E-state index contributed by atoms with van der Waals surface area (Å²) in [6.07, 6.45) is 2.12. The molecule has 0 atom stereocenters. The molecule has 0 aliphatic carbocycles. The average molecular weight is 277 g/mol. The highest BCUT2D eigenvalue weighted by Crippen LogP contribution is 2.34. The van der Waals surface area contributed by atoms with Gasteiger partial charge in [-0.25, -0.2) is 9.67 Å². The standard InChI is InChI=1S/C14H23N5O/c1-4-19-12-11(10(2)17-19)16-13(15)18(12)9-14(3)5-7-20-8-6-14/h4-9H2,1-3H3,(H2,15,16). The SMILES string of the molecule is CCn1nc(C)c2nc(N)n(CC3(C)CCOCC3)c21. The van der Waals surface area contributed by atoms with E-state index in [2.05, 4.69) is 28.5 Å². The molecule has 1 aliphatic rings. The topological polar surface area (TPSA) is 70.9 Å². The Morgan fingerprint density at radius 3 is 2.70 bits per heavy atom.